The minimum Gasteiger partial charge on any atom is -0.493 e. The van der Waals surface area contributed by atoms with Crippen LogP contribution >= 0.6 is 46.1 Å². The number of hydrogen-bond donors (Lipinski definition) is 0. The topological polar surface area (TPSA) is 52.6 Å². The van der Waals surface area contributed by atoms with Crippen molar-refractivity contribution < 1.29 is 19.1 Å². The Kier molecular flexibility index (Phi) is 7.00. The number of thiophene rings is 1. The third-order valence-electron chi connectivity index (χ3n) is 2.47. The van der Waals surface area contributed by atoms with E-state index in [1.165, 1.54) is 13.2 Å². The molecule has 0 aliphatic heterocycles. The van der Waals surface area contributed by atoms with Gasteiger partial charge in [-0.05, 0) is 19.9 Å². The van der Waals surface area contributed by atoms with Crippen molar-refractivity contribution in [2.75, 3.05) is 13.7 Å². The van der Waals surface area contributed by atoms with E-state index in [0.29, 0.717) is 0 Å². The van der Waals surface area contributed by atoms with E-state index < -0.39 is 17.7 Å². The van der Waals surface area contributed by atoms with Gasteiger partial charge in [0.05, 0.1) is 29.7 Å². The van der Waals surface area contributed by atoms with Gasteiger partial charge in [-0.25, -0.2) is 0 Å². The van der Waals surface area contributed by atoms with Gasteiger partial charge in [-0.3, -0.25) is 9.59 Å². The summed E-state index contributed by atoms with van der Waals surface area (Å²) < 4.78 is 10.1. The Morgan fingerprint density at radius 1 is 1.29 bits per heavy atom. The van der Waals surface area contributed by atoms with Gasteiger partial charge in [0.1, 0.15) is 9.21 Å². The van der Waals surface area contributed by atoms with Crippen LogP contribution in [0.4, 0.5) is 0 Å². The Hall–Kier alpha value is -0.750. The van der Waals surface area contributed by atoms with Gasteiger partial charge < -0.3 is 9.47 Å². The van der Waals surface area contributed by atoms with Crippen LogP contribution < -0.4 is 0 Å². The highest BCUT2D eigenvalue weighted by atomic mass is 35.5. The van der Waals surface area contributed by atoms with Gasteiger partial charge in [0.15, 0.2) is 5.76 Å². The van der Waals surface area contributed by atoms with Gasteiger partial charge in [0, 0.05) is 0 Å². The summed E-state index contributed by atoms with van der Waals surface area (Å²) in [4.78, 5) is 24.1. The summed E-state index contributed by atoms with van der Waals surface area (Å²) in [5.74, 6) is -1.59. The Balaban J connectivity index is 3.06. The average molecular weight is 372 g/mol. The predicted molar refractivity (Wildman–Crippen MR) is 84.6 cm³/mol. The number of ketones is 1. The van der Waals surface area contributed by atoms with E-state index in [1.807, 2.05) is 0 Å². The van der Waals surface area contributed by atoms with E-state index in [2.05, 4.69) is 0 Å². The molecule has 0 radical (unpaired) electrons. The Labute approximate surface area is 141 Å². The second kappa shape index (κ2) is 8.03. The van der Waals surface area contributed by atoms with Crippen LogP contribution in [0.25, 0.3) is 0 Å². The molecule has 0 aliphatic rings. The van der Waals surface area contributed by atoms with Gasteiger partial charge in [-0.1, -0.05) is 34.8 Å². The van der Waals surface area contributed by atoms with Gasteiger partial charge in [-0.15, -0.1) is 11.3 Å². The van der Waals surface area contributed by atoms with Crippen LogP contribution in [0.2, 0.25) is 14.4 Å². The van der Waals surface area contributed by atoms with E-state index in [9.17, 15) is 9.59 Å². The van der Waals surface area contributed by atoms with E-state index in [-0.39, 0.29) is 31.6 Å². The van der Waals surface area contributed by atoms with Crippen LogP contribution in [0.5, 0.6) is 0 Å². The smallest absolute Gasteiger partial charge is 0.312 e. The van der Waals surface area contributed by atoms with Crippen molar-refractivity contribution in [3.05, 3.63) is 31.1 Å². The van der Waals surface area contributed by atoms with Crippen LogP contribution in [0.3, 0.4) is 0 Å². The number of carbonyl (C=O) groups is 2. The van der Waals surface area contributed by atoms with Crippen molar-refractivity contribution >= 4 is 57.9 Å². The molecule has 0 amide bonds. The van der Waals surface area contributed by atoms with Crippen LogP contribution in [0.15, 0.2) is 11.8 Å². The monoisotopic (exact) mass is 370 g/mol. The van der Waals surface area contributed by atoms with Crippen molar-refractivity contribution in [2.24, 2.45) is 5.92 Å². The van der Waals surface area contributed by atoms with E-state index in [1.54, 1.807) is 13.8 Å². The Bertz CT molecular complexity index is 580. The fourth-order valence-electron chi connectivity index (χ4n) is 1.43. The number of hydrogen-bond acceptors (Lipinski definition) is 5. The molecule has 8 heteroatoms. The SMILES string of the molecule is CCOC(=O)C(C)/C=C(\OC)C(=O)c1sc(Cl)c(Cl)c1Cl. The summed E-state index contributed by atoms with van der Waals surface area (Å²) >= 11 is 18.6. The fourth-order valence-corrected chi connectivity index (χ4v) is 3.18. The molecule has 21 heavy (non-hydrogen) atoms. The molecule has 116 valence electrons. The zero-order valence-corrected chi connectivity index (χ0v) is 14.6. The first-order valence-corrected chi connectivity index (χ1v) is 7.88. The minimum atomic E-state index is -0.631. The number of allylic oxidation sites excluding steroid dienone is 1. The molecule has 1 aromatic heterocycles. The second-order valence-electron chi connectivity index (χ2n) is 3.94. The molecule has 0 saturated carbocycles. The summed E-state index contributed by atoms with van der Waals surface area (Å²) in [6.07, 6.45) is 1.37. The van der Waals surface area contributed by atoms with Crippen molar-refractivity contribution in [1.82, 2.24) is 0 Å². The van der Waals surface area contributed by atoms with Crippen molar-refractivity contribution in [1.29, 1.82) is 0 Å². The first-order valence-electron chi connectivity index (χ1n) is 5.93. The van der Waals surface area contributed by atoms with Crippen molar-refractivity contribution in [2.45, 2.75) is 13.8 Å². The molecule has 0 N–H and O–H groups in total. The average Bonchev–Trinajstić information content (AvgIpc) is 2.71. The largest absolute Gasteiger partial charge is 0.493 e. The number of methoxy groups -OCH3 is 1. The maximum Gasteiger partial charge on any atom is 0.312 e. The molecule has 4 nitrogen and oxygen atoms in total. The fraction of sp³-hybridized carbons (Fsp3) is 0.385. The number of carbonyl (C=O) groups excluding carboxylic acids is 2. The van der Waals surface area contributed by atoms with Gasteiger partial charge >= 0.3 is 5.97 Å². The standard InChI is InChI=1S/C13H13Cl3O4S/c1-4-20-13(18)6(2)5-7(19-3)10(17)11-8(14)9(15)12(16)21-11/h5-6H,4H2,1-3H3/b7-5-. The first kappa shape index (κ1) is 18.3. The van der Waals surface area contributed by atoms with Gasteiger partial charge in [-0.2, -0.15) is 0 Å². The molecule has 1 rings (SSSR count). The molecule has 0 saturated heterocycles. The zero-order chi connectivity index (χ0) is 16.2. The van der Waals surface area contributed by atoms with Crippen LogP contribution in [0, 0.1) is 5.92 Å². The highest BCUT2D eigenvalue weighted by Gasteiger charge is 2.24. The summed E-state index contributed by atoms with van der Waals surface area (Å²) in [5.41, 5.74) is 0. The molecule has 1 aromatic rings. The number of halogens is 3. The maximum atomic E-state index is 12.3. The first-order chi connectivity index (χ1) is 9.83. The molecule has 1 heterocycles. The van der Waals surface area contributed by atoms with E-state index in [0.717, 1.165) is 11.3 Å². The number of ether oxygens (including phenoxy) is 2. The third-order valence-corrected chi connectivity index (χ3v) is 5.04. The van der Waals surface area contributed by atoms with Crippen LogP contribution in [-0.2, 0) is 14.3 Å². The maximum absolute atomic E-state index is 12.3. The van der Waals surface area contributed by atoms with E-state index >= 15 is 0 Å². The highest BCUT2D eigenvalue weighted by Crippen LogP contribution is 2.41. The Morgan fingerprint density at radius 2 is 1.90 bits per heavy atom. The lowest BCUT2D eigenvalue weighted by Crippen LogP contribution is -2.15. The lowest BCUT2D eigenvalue weighted by atomic mass is 10.1. The molecule has 0 aromatic carbocycles. The summed E-state index contributed by atoms with van der Waals surface area (Å²) in [5, 5.41) is 0.198. The third kappa shape index (κ3) is 4.36. The van der Waals surface area contributed by atoms with Crippen LogP contribution in [0.1, 0.15) is 23.5 Å². The summed E-state index contributed by atoms with van der Waals surface area (Å²) in [6.45, 7) is 3.56. The van der Waals surface area contributed by atoms with Crippen molar-refractivity contribution in [3.63, 3.8) is 0 Å². The lowest BCUT2D eigenvalue weighted by molar-refractivity contribution is -0.145. The highest BCUT2D eigenvalue weighted by molar-refractivity contribution is 7.19. The molecular formula is C13H13Cl3O4S. The molecule has 0 fully saturated rings. The normalized spacial score (nSPS) is 13.0. The number of Topliss-reactive ketones (excluding diaryl/α,β-unsaturated/α-hetero) is 1. The van der Waals surface area contributed by atoms with Gasteiger partial charge in [0.2, 0.25) is 5.78 Å². The quantitative estimate of drug-likeness (QED) is 0.317. The van der Waals surface area contributed by atoms with Gasteiger partial charge in [0.25, 0.3) is 0 Å². The van der Waals surface area contributed by atoms with Crippen LogP contribution in [-0.4, -0.2) is 25.5 Å². The molecule has 0 bridgehead atoms. The molecule has 0 aliphatic carbocycles. The number of rotatable bonds is 6. The lowest BCUT2D eigenvalue weighted by Gasteiger charge is -2.09. The molecular weight excluding hydrogens is 359 g/mol. The molecule has 1 atom stereocenters. The zero-order valence-electron chi connectivity index (χ0n) is 11.5. The van der Waals surface area contributed by atoms with E-state index in [4.69, 9.17) is 44.3 Å². The van der Waals surface area contributed by atoms with Crippen molar-refractivity contribution in [3.8, 4) is 0 Å². The molecule has 0 spiro atoms. The second-order valence-corrected chi connectivity index (χ2v) is 6.32. The summed E-state index contributed by atoms with van der Waals surface area (Å²) in [6, 6.07) is 0. The number of esters is 1. The predicted octanol–water partition coefficient (Wildman–Crippen LogP) is 4.62. The Morgan fingerprint density at radius 3 is 2.33 bits per heavy atom. The molecule has 1 unspecified atom stereocenters. The minimum absolute atomic E-state index is 0.0213. The summed E-state index contributed by atoms with van der Waals surface area (Å²) in [7, 11) is 1.33.